The van der Waals surface area contributed by atoms with Crippen molar-refractivity contribution >= 4 is 46.8 Å². The number of likely N-dealkylation sites (tertiary alicyclic amines) is 1. The highest BCUT2D eigenvalue weighted by Gasteiger charge is 2.50. The summed E-state index contributed by atoms with van der Waals surface area (Å²) in [6, 6.07) is 11.0. The molecular weight excluding hydrogens is 615 g/mol. The lowest BCUT2D eigenvalue weighted by Gasteiger charge is -2.39. The van der Waals surface area contributed by atoms with Crippen molar-refractivity contribution in [2.75, 3.05) is 32.6 Å². The van der Waals surface area contributed by atoms with Gasteiger partial charge in [-0.25, -0.2) is 4.98 Å². The van der Waals surface area contributed by atoms with Crippen molar-refractivity contribution in [3.63, 3.8) is 0 Å². The van der Waals surface area contributed by atoms with Crippen LogP contribution in [0.3, 0.4) is 0 Å². The van der Waals surface area contributed by atoms with Gasteiger partial charge in [0.15, 0.2) is 0 Å². The Morgan fingerprint density at radius 3 is 2.45 bits per heavy atom. The van der Waals surface area contributed by atoms with Crippen LogP contribution in [0.25, 0.3) is 0 Å². The number of carbonyl (C=O) groups excluding carboxylic acids is 2. The molecule has 11 heteroatoms. The van der Waals surface area contributed by atoms with E-state index in [9.17, 15) is 9.59 Å². The van der Waals surface area contributed by atoms with Crippen LogP contribution < -0.4 is 10.6 Å². The molecule has 2 amide bonds. The molecule has 1 aliphatic carbocycles. The van der Waals surface area contributed by atoms with Crippen LogP contribution in [0.4, 0.5) is 0 Å². The lowest BCUT2D eigenvalue weighted by atomic mass is 9.91. The second kappa shape index (κ2) is 12.8. The largest absolute Gasteiger partial charge is 0.355 e. The van der Waals surface area contributed by atoms with Gasteiger partial charge in [-0.05, 0) is 74.9 Å². The molecule has 4 aliphatic rings. The average Bonchev–Trinajstić information content (AvgIpc) is 3.42. The summed E-state index contributed by atoms with van der Waals surface area (Å²) in [7, 11) is 1.94. The van der Waals surface area contributed by atoms with E-state index in [1.54, 1.807) is 11.8 Å². The summed E-state index contributed by atoms with van der Waals surface area (Å²) in [5.41, 5.74) is 3.17. The molecule has 1 aromatic heterocycles. The first-order valence-corrected chi connectivity index (χ1v) is 17.4. The summed E-state index contributed by atoms with van der Waals surface area (Å²) < 4.78 is 0. The Balaban J connectivity index is 1.35. The van der Waals surface area contributed by atoms with E-state index in [4.69, 9.17) is 23.2 Å². The number of thioether (sulfide) groups is 1. The Kier molecular flexibility index (Phi) is 9.24. The highest BCUT2D eigenvalue weighted by molar-refractivity contribution is 8.04. The molecule has 6 rings (SSSR count). The number of halogens is 2. The third-order valence-corrected chi connectivity index (χ3v) is 11.2. The lowest BCUT2D eigenvalue weighted by molar-refractivity contribution is -0.144. The van der Waals surface area contributed by atoms with Crippen LogP contribution in [-0.2, 0) is 9.59 Å². The average molecular weight is 658 g/mol. The number of allylic oxidation sites excluding steroid dienone is 1. The number of carbonyl (C=O) groups is 2. The monoisotopic (exact) mass is 656 g/mol. The molecule has 3 fully saturated rings. The maximum absolute atomic E-state index is 14.6. The van der Waals surface area contributed by atoms with Gasteiger partial charge in [-0.1, -0.05) is 67.0 Å². The van der Waals surface area contributed by atoms with Crippen LogP contribution in [0, 0.1) is 5.92 Å². The third-order valence-electron chi connectivity index (χ3n) is 9.64. The first-order chi connectivity index (χ1) is 21.1. The molecule has 0 bridgehead atoms. The van der Waals surface area contributed by atoms with E-state index in [0.717, 1.165) is 54.1 Å². The molecule has 44 heavy (non-hydrogen) atoms. The first kappa shape index (κ1) is 31.7. The number of aromatic nitrogens is 1. The lowest BCUT2D eigenvalue weighted by Crippen LogP contribution is -2.58. The minimum absolute atomic E-state index is 0.00192. The molecular formula is C33H42Cl2N6O2S. The number of pyridine rings is 1. The van der Waals surface area contributed by atoms with E-state index in [-0.39, 0.29) is 41.4 Å². The quantitative estimate of drug-likeness (QED) is 0.358. The van der Waals surface area contributed by atoms with Gasteiger partial charge in [0, 0.05) is 48.1 Å². The second-order valence-electron chi connectivity index (χ2n) is 12.9. The second-order valence-corrected chi connectivity index (χ2v) is 14.7. The van der Waals surface area contributed by atoms with Crippen LogP contribution in [0.1, 0.15) is 69.7 Å². The van der Waals surface area contributed by atoms with E-state index < -0.39 is 6.04 Å². The Bertz CT molecular complexity index is 1410. The van der Waals surface area contributed by atoms with Crippen molar-refractivity contribution in [1.29, 1.82) is 0 Å². The summed E-state index contributed by atoms with van der Waals surface area (Å²) in [6.45, 7) is 8.63. The number of likely N-dealkylation sites (N-methyl/N-ethyl adjacent to an activating group) is 1. The van der Waals surface area contributed by atoms with Gasteiger partial charge in [-0.15, -0.1) is 0 Å². The van der Waals surface area contributed by atoms with Crippen LogP contribution in [0.15, 0.2) is 53.2 Å². The standard InChI is InChI=1S/C33H42Cl2N6O2S/c1-20(2)28-30(32(43)41-21(3)5-11-25(41)31(42)39-16-15-38-33(18-39)13-14-33)44-19-40(28)29(22-6-9-24(34)10-7-22)27(36-4)23-8-12-26(35)37-17-23/h6-10,12,17,20-21,25,27,29,36,38H,5,11,13-16,18-19H2,1-4H3/t21-,25?,27?,29?/m1/s1. The summed E-state index contributed by atoms with van der Waals surface area (Å²) in [4.78, 5) is 39.9. The molecule has 4 heterocycles. The molecule has 0 radical (unpaired) electrons. The fraction of sp³-hybridized carbons (Fsp3) is 0.545. The Hall–Kier alpha value is -2.30. The third kappa shape index (κ3) is 6.10. The normalized spacial score (nSPS) is 24.4. The van der Waals surface area contributed by atoms with Crippen molar-refractivity contribution in [3.8, 4) is 0 Å². The van der Waals surface area contributed by atoms with Gasteiger partial charge in [0.25, 0.3) is 5.91 Å². The maximum Gasteiger partial charge on any atom is 0.263 e. The first-order valence-electron chi connectivity index (χ1n) is 15.7. The van der Waals surface area contributed by atoms with Crippen LogP contribution >= 0.6 is 35.0 Å². The number of hydrogen-bond donors (Lipinski definition) is 2. The molecule has 3 aliphatic heterocycles. The topological polar surface area (TPSA) is 80.8 Å². The number of hydrogen-bond acceptors (Lipinski definition) is 7. The number of benzene rings is 1. The number of nitrogens with zero attached hydrogens (tertiary/aromatic N) is 4. The highest BCUT2D eigenvalue weighted by atomic mass is 35.5. The maximum atomic E-state index is 14.6. The Labute approximate surface area is 274 Å². The summed E-state index contributed by atoms with van der Waals surface area (Å²) in [6.07, 6.45) is 5.58. The zero-order chi connectivity index (χ0) is 31.2. The molecule has 2 saturated heterocycles. The van der Waals surface area contributed by atoms with Crippen molar-refractivity contribution in [2.45, 2.75) is 76.2 Å². The molecule has 2 N–H and O–H groups in total. The fourth-order valence-electron chi connectivity index (χ4n) is 7.22. The smallest absolute Gasteiger partial charge is 0.263 e. The van der Waals surface area contributed by atoms with Crippen molar-refractivity contribution in [3.05, 3.63) is 74.5 Å². The van der Waals surface area contributed by atoms with Gasteiger partial charge >= 0.3 is 0 Å². The predicted octanol–water partition coefficient (Wildman–Crippen LogP) is 5.61. The molecule has 236 valence electrons. The Morgan fingerprint density at radius 1 is 1.09 bits per heavy atom. The Morgan fingerprint density at radius 2 is 1.82 bits per heavy atom. The van der Waals surface area contributed by atoms with E-state index in [2.05, 4.69) is 53.4 Å². The van der Waals surface area contributed by atoms with Gasteiger partial charge in [0.1, 0.15) is 11.2 Å². The van der Waals surface area contributed by atoms with E-state index in [1.807, 2.05) is 47.3 Å². The zero-order valence-electron chi connectivity index (χ0n) is 25.9. The molecule has 3 unspecified atom stereocenters. The summed E-state index contributed by atoms with van der Waals surface area (Å²) in [5, 5.41) is 8.23. The molecule has 8 nitrogen and oxygen atoms in total. The highest BCUT2D eigenvalue weighted by Crippen LogP contribution is 2.47. The SMILES string of the molecule is CNC(c1ccc(Cl)nc1)C(c1ccc(Cl)cc1)N1CSC(C(=O)N2C(C(=O)N3CCNC4(CC4)C3)CC[C@H]2C)=C1C(C)C. The predicted molar refractivity (Wildman–Crippen MR) is 177 cm³/mol. The number of amides is 2. The molecule has 2 aromatic rings. The number of piperazine rings is 1. The summed E-state index contributed by atoms with van der Waals surface area (Å²) >= 11 is 14.1. The van der Waals surface area contributed by atoms with Gasteiger partial charge in [0.2, 0.25) is 5.91 Å². The van der Waals surface area contributed by atoms with Gasteiger partial charge in [0.05, 0.1) is 22.9 Å². The zero-order valence-corrected chi connectivity index (χ0v) is 28.2. The van der Waals surface area contributed by atoms with Crippen LogP contribution in [-0.4, -0.2) is 81.7 Å². The molecule has 4 atom stereocenters. The van der Waals surface area contributed by atoms with Gasteiger partial charge in [-0.2, -0.15) is 0 Å². The summed E-state index contributed by atoms with van der Waals surface area (Å²) in [5.74, 6) is 0.772. The number of rotatable bonds is 8. The van der Waals surface area contributed by atoms with Crippen molar-refractivity contribution in [1.82, 2.24) is 30.3 Å². The van der Waals surface area contributed by atoms with Gasteiger partial charge < -0.3 is 25.3 Å². The van der Waals surface area contributed by atoms with E-state index in [0.29, 0.717) is 29.0 Å². The van der Waals surface area contributed by atoms with Crippen molar-refractivity contribution in [2.24, 2.45) is 5.92 Å². The van der Waals surface area contributed by atoms with E-state index in [1.165, 1.54) is 0 Å². The van der Waals surface area contributed by atoms with Crippen molar-refractivity contribution < 1.29 is 9.59 Å². The fourth-order valence-corrected chi connectivity index (χ4v) is 8.76. The molecule has 1 spiro atoms. The molecule has 1 saturated carbocycles. The minimum Gasteiger partial charge on any atom is -0.355 e. The van der Waals surface area contributed by atoms with Crippen LogP contribution in [0.5, 0.6) is 0 Å². The van der Waals surface area contributed by atoms with Gasteiger partial charge in [-0.3, -0.25) is 9.59 Å². The van der Waals surface area contributed by atoms with Crippen LogP contribution in [0.2, 0.25) is 10.2 Å². The number of nitrogens with one attached hydrogen (secondary N) is 2. The van der Waals surface area contributed by atoms with E-state index >= 15 is 0 Å². The molecule has 1 aromatic carbocycles. The minimum atomic E-state index is -0.417.